The minimum atomic E-state index is -3.90. The molecule has 310 valence electrons. The number of ether oxygens (including phenoxy) is 4. The molecular weight excluding hydrogens is 753 g/mol. The largest absolute Gasteiger partial charge is 0.497 e. The lowest BCUT2D eigenvalue weighted by atomic mass is 9.83. The number of rotatable bonds is 9. The summed E-state index contributed by atoms with van der Waals surface area (Å²) in [4.78, 5) is 58.0. The van der Waals surface area contributed by atoms with Gasteiger partial charge >= 0.3 is 6.09 Å². The maximum Gasteiger partial charge on any atom is 0.407 e. The number of alkyl carbamates (subject to hydrolysis) is 1. The lowest BCUT2D eigenvalue weighted by Gasteiger charge is -2.35. The molecule has 2 heterocycles. The van der Waals surface area contributed by atoms with Gasteiger partial charge in [0.25, 0.3) is 5.91 Å². The van der Waals surface area contributed by atoms with E-state index in [2.05, 4.69) is 21.9 Å². The van der Waals surface area contributed by atoms with E-state index in [9.17, 15) is 27.6 Å². The van der Waals surface area contributed by atoms with Gasteiger partial charge in [0.05, 0.1) is 32.6 Å². The van der Waals surface area contributed by atoms with Gasteiger partial charge in [-0.25, -0.2) is 13.2 Å². The molecule has 0 spiro atoms. The molecule has 2 aromatic carbocycles. The summed E-state index contributed by atoms with van der Waals surface area (Å²) in [7, 11) is -0.704. The Morgan fingerprint density at radius 2 is 1.77 bits per heavy atom. The fraction of sp³-hybridized carbons (Fsp3) is 0.619. The van der Waals surface area contributed by atoms with Crippen LogP contribution in [-0.4, -0.2) is 93.5 Å². The highest BCUT2D eigenvalue weighted by Gasteiger charge is 2.62. The summed E-state index contributed by atoms with van der Waals surface area (Å²) in [6, 6.07) is 5.61. The van der Waals surface area contributed by atoms with Crippen LogP contribution in [0.5, 0.6) is 17.2 Å². The third-order valence-electron chi connectivity index (χ3n) is 12.5. The van der Waals surface area contributed by atoms with Gasteiger partial charge in [-0.1, -0.05) is 39.2 Å². The van der Waals surface area contributed by atoms with Crippen molar-refractivity contribution in [1.82, 2.24) is 20.3 Å². The molecule has 1 saturated heterocycles. The van der Waals surface area contributed by atoms with Crippen LogP contribution in [0, 0.1) is 17.3 Å². The summed E-state index contributed by atoms with van der Waals surface area (Å²) < 4.78 is 51.8. The molecule has 2 aromatic rings. The van der Waals surface area contributed by atoms with Crippen molar-refractivity contribution in [3.05, 3.63) is 42.5 Å². The van der Waals surface area contributed by atoms with Crippen molar-refractivity contribution in [3.63, 3.8) is 0 Å². The molecule has 0 aromatic heterocycles. The first-order chi connectivity index (χ1) is 27.2. The number of nitrogens with zero attached hydrogens (tertiary/aromatic N) is 1. The van der Waals surface area contributed by atoms with Crippen molar-refractivity contribution in [1.29, 1.82) is 0 Å². The van der Waals surface area contributed by atoms with Crippen LogP contribution in [0.25, 0.3) is 10.8 Å². The first kappa shape index (κ1) is 40.7. The standard InChI is InChI=1S/C42H56N4O10S/c1-6-28-22-42(28,39(49)45-57(51,52)31-14-15-31)44-37(47)33-20-30-23-46(33)38(48)36(25-11-8-7-9-12-25)43-40(50)55-24-41(2,3)16-10-13-26-18-32-27(19-34(26)54-5)17-29(53-4)21-35(32)56-30/h6,17-19,21,25,28,30-31,33,36H,1,7-16,20,22-24H2,2-5H3,(H,43,50)(H,44,47)(H,45,49)/t28-,30-,33+,36+,42?/m1/s1. The fourth-order valence-corrected chi connectivity index (χ4v) is 10.2. The molecule has 15 heteroatoms. The van der Waals surface area contributed by atoms with E-state index in [-0.39, 0.29) is 37.3 Å². The van der Waals surface area contributed by atoms with Crippen LogP contribution in [-0.2, 0) is 35.6 Å². The average Bonchev–Trinajstić information content (AvgIpc) is 4.12. The molecule has 1 unspecified atom stereocenters. The number of carbonyl (C=O) groups is 4. The van der Waals surface area contributed by atoms with Crippen molar-refractivity contribution in [2.75, 3.05) is 27.4 Å². The van der Waals surface area contributed by atoms with Gasteiger partial charge in [0.2, 0.25) is 21.8 Å². The maximum atomic E-state index is 14.9. The molecule has 5 aliphatic rings. The SMILES string of the molecule is C=C[C@@H]1CC1(NC(=O)[C@@H]1C[C@@H]2CN1C(=O)[C@H](C1CCCCC1)NC(=O)OCC(C)(C)CCCc1cc3c(cc(OC)cc3cc1OC)O2)C(=O)NS(=O)(=O)C1CC1. The van der Waals surface area contributed by atoms with Gasteiger partial charge in [-0.05, 0) is 91.8 Å². The number of carbonyl (C=O) groups excluding carboxylic acids is 4. The number of cyclic esters (lactones) is 1. The summed E-state index contributed by atoms with van der Waals surface area (Å²) in [6.07, 6.45) is 7.78. The molecule has 14 nitrogen and oxygen atoms in total. The van der Waals surface area contributed by atoms with E-state index < -0.39 is 68.7 Å². The zero-order chi connectivity index (χ0) is 40.7. The molecule has 57 heavy (non-hydrogen) atoms. The monoisotopic (exact) mass is 808 g/mol. The summed E-state index contributed by atoms with van der Waals surface area (Å²) in [6.45, 7) is 8.04. The molecule has 4 fully saturated rings. The summed E-state index contributed by atoms with van der Waals surface area (Å²) in [5.74, 6) is -0.819. The Hall–Kier alpha value is -4.53. The fourth-order valence-electron chi connectivity index (χ4n) is 8.84. The van der Waals surface area contributed by atoms with Crippen molar-refractivity contribution < 1.29 is 46.5 Å². The van der Waals surface area contributed by atoms with E-state index in [0.29, 0.717) is 49.4 Å². The Morgan fingerprint density at radius 3 is 2.44 bits per heavy atom. The van der Waals surface area contributed by atoms with Gasteiger partial charge in [0.1, 0.15) is 41.0 Å². The van der Waals surface area contributed by atoms with E-state index in [0.717, 1.165) is 48.4 Å². The Morgan fingerprint density at radius 1 is 1.02 bits per heavy atom. The molecule has 2 aliphatic heterocycles. The predicted octanol–water partition coefficient (Wildman–Crippen LogP) is 4.91. The predicted molar refractivity (Wildman–Crippen MR) is 212 cm³/mol. The topological polar surface area (TPSA) is 179 Å². The normalized spacial score (nSPS) is 28.2. The number of amides is 4. The molecule has 0 radical (unpaired) electrons. The number of benzene rings is 2. The van der Waals surface area contributed by atoms with Crippen LogP contribution in [0.15, 0.2) is 36.9 Å². The summed E-state index contributed by atoms with van der Waals surface area (Å²) >= 11 is 0. The zero-order valence-corrected chi connectivity index (χ0v) is 34.2. The summed E-state index contributed by atoms with van der Waals surface area (Å²) in [5.41, 5.74) is -0.937. The van der Waals surface area contributed by atoms with E-state index in [1.807, 2.05) is 32.0 Å². The second-order valence-electron chi connectivity index (χ2n) is 17.3. The summed E-state index contributed by atoms with van der Waals surface area (Å²) in [5, 5.41) is 6.77. The van der Waals surface area contributed by atoms with Gasteiger partial charge in [-0.2, -0.15) is 0 Å². The van der Waals surface area contributed by atoms with Gasteiger partial charge < -0.3 is 34.5 Å². The smallest absolute Gasteiger partial charge is 0.407 e. The zero-order valence-electron chi connectivity index (χ0n) is 33.4. The van der Waals surface area contributed by atoms with Crippen LogP contribution in [0.1, 0.15) is 90.0 Å². The molecule has 4 amide bonds. The molecule has 3 aliphatic carbocycles. The van der Waals surface area contributed by atoms with Gasteiger partial charge in [-0.3, -0.25) is 19.1 Å². The Bertz CT molecular complexity index is 2030. The molecule has 3 N–H and O–H groups in total. The highest BCUT2D eigenvalue weighted by molar-refractivity contribution is 7.91. The van der Waals surface area contributed by atoms with Gasteiger partial charge in [0.15, 0.2) is 0 Å². The highest BCUT2D eigenvalue weighted by Crippen LogP contribution is 2.46. The van der Waals surface area contributed by atoms with Crippen LogP contribution >= 0.6 is 0 Å². The number of fused-ring (bicyclic) bond motifs is 3. The molecule has 7 rings (SSSR count). The van der Waals surface area contributed by atoms with Crippen molar-refractivity contribution >= 4 is 44.6 Å². The van der Waals surface area contributed by atoms with Crippen LogP contribution in [0.3, 0.4) is 0 Å². The number of nitrogens with one attached hydrogen (secondary N) is 3. The van der Waals surface area contributed by atoms with Crippen molar-refractivity contribution in [2.24, 2.45) is 17.3 Å². The van der Waals surface area contributed by atoms with E-state index in [1.165, 1.54) is 11.0 Å². The Labute approximate surface area is 334 Å². The molecule has 5 atom stereocenters. The second kappa shape index (κ2) is 16.0. The van der Waals surface area contributed by atoms with Crippen LogP contribution in [0.4, 0.5) is 4.79 Å². The number of hydrogen-bond acceptors (Lipinski definition) is 10. The number of hydrogen-bond donors (Lipinski definition) is 3. The quantitative estimate of drug-likeness (QED) is 0.295. The maximum absolute atomic E-state index is 14.9. The van der Waals surface area contributed by atoms with Crippen molar-refractivity contribution in [3.8, 4) is 17.2 Å². The van der Waals surface area contributed by atoms with E-state index in [4.69, 9.17) is 18.9 Å². The number of methoxy groups -OCH3 is 2. The molecule has 3 saturated carbocycles. The number of aryl methyl sites for hydroxylation is 1. The lowest BCUT2D eigenvalue weighted by molar-refractivity contribution is -0.142. The highest BCUT2D eigenvalue weighted by atomic mass is 32.2. The Balaban J connectivity index is 1.26. The second-order valence-corrected chi connectivity index (χ2v) is 19.2. The average molecular weight is 809 g/mol. The third kappa shape index (κ3) is 8.68. The number of sulfonamides is 1. The first-order valence-corrected chi connectivity index (χ1v) is 21.8. The van der Waals surface area contributed by atoms with Gasteiger partial charge in [-0.15, -0.1) is 6.58 Å². The van der Waals surface area contributed by atoms with Crippen LogP contribution in [0.2, 0.25) is 0 Å². The first-order valence-electron chi connectivity index (χ1n) is 20.3. The van der Waals surface area contributed by atoms with Crippen molar-refractivity contribution in [2.45, 2.75) is 120 Å². The van der Waals surface area contributed by atoms with Gasteiger partial charge in [0, 0.05) is 23.8 Å². The van der Waals surface area contributed by atoms with E-state index >= 15 is 0 Å². The van der Waals surface area contributed by atoms with E-state index in [1.54, 1.807) is 20.3 Å². The van der Waals surface area contributed by atoms with Crippen LogP contribution < -0.4 is 29.6 Å². The lowest BCUT2D eigenvalue weighted by Crippen LogP contribution is -2.59. The third-order valence-corrected chi connectivity index (χ3v) is 14.3. The Kier molecular flexibility index (Phi) is 11.4. The minimum Gasteiger partial charge on any atom is -0.497 e. The molecule has 4 bridgehead atoms. The molecular formula is C42H56N4O10S. The minimum absolute atomic E-state index is 0.00571.